The van der Waals surface area contributed by atoms with E-state index in [-0.39, 0.29) is 22.4 Å². The van der Waals surface area contributed by atoms with Crippen LogP contribution in [0.2, 0.25) is 0 Å². The molecule has 2 rings (SSSR count). The molecule has 1 heterocycles. The van der Waals surface area contributed by atoms with Gasteiger partial charge in [-0.2, -0.15) is 5.10 Å². The third kappa shape index (κ3) is 3.15. The number of rotatable bonds is 5. The van der Waals surface area contributed by atoms with Crippen LogP contribution in [0.1, 0.15) is 25.3 Å². The van der Waals surface area contributed by atoms with Gasteiger partial charge in [-0.3, -0.25) is 5.10 Å². The second-order valence-electron chi connectivity index (χ2n) is 4.99. The Morgan fingerprint density at radius 1 is 1.23 bits per heavy atom. The molecular weight excluding hydrogens is 308 g/mol. The summed E-state index contributed by atoms with van der Waals surface area (Å²) in [5.41, 5.74) is 6.44. The topological polar surface area (TPSA) is 133 Å². The number of anilines is 1. The number of nitrogens with one attached hydrogen (secondary N) is 1. The first-order chi connectivity index (χ1) is 10.2. The van der Waals surface area contributed by atoms with Gasteiger partial charge in [0.25, 0.3) is 0 Å². The minimum absolute atomic E-state index is 0.0616. The molecule has 5 N–H and O–H groups in total. The molecule has 8 nitrogen and oxygen atoms in total. The number of aromatic nitrogens is 2. The molecule has 0 aliphatic heterocycles. The summed E-state index contributed by atoms with van der Waals surface area (Å²) in [6.07, 6.45) is 1.40. The van der Waals surface area contributed by atoms with E-state index in [9.17, 15) is 8.42 Å². The lowest BCUT2D eigenvalue weighted by Crippen LogP contribution is -2.14. The zero-order valence-electron chi connectivity index (χ0n) is 12.5. The first kappa shape index (κ1) is 16.1. The van der Waals surface area contributed by atoms with Gasteiger partial charge in [0.15, 0.2) is 11.6 Å². The number of hydrogen-bond acceptors (Lipinski definition) is 6. The molecule has 0 fully saturated rings. The standard InChI is InChI=1S/C13H18N4O4S/c1-7(2)8-4-10(20-3)12(22(15,18)19)5-9(8)21-11-6-16-17-13(11)14/h4-7H,1-3H3,(H3,14,16,17)(H2,15,18,19). The molecule has 0 spiro atoms. The largest absolute Gasteiger partial charge is 0.495 e. The molecule has 0 aliphatic rings. The lowest BCUT2D eigenvalue weighted by molar-refractivity contribution is 0.398. The van der Waals surface area contributed by atoms with Crippen molar-refractivity contribution in [2.24, 2.45) is 5.14 Å². The van der Waals surface area contributed by atoms with Crippen LogP contribution in [0, 0.1) is 0 Å². The fourth-order valence-electron chi connectivity index (χ4n) is 1.96. The maximum atomic E-state index is 11.7. The van der Waals surface area contributed by atoms with Crippen LogP contribution >= 0.6 is 0 Å². The molecule has 0 radical (unpaired) electrons. The number of nitrogen functional groups attached to an aromatic ring is 1. The van der Waals surface area contributed by atoms with Gasteiger partial charge in [0.05, 0.1) is 13.3 Å². The summed E-state index contributed by atoms with van der Waals surface area (Å²) in [4.78, 5) is -0.156. The highest BCUT2D eigenvalue weighted by Crippen LogP contribution is 2.38. The first-order valence-electron chi connectivity index (χ1n) is 6.45. The van der Waals surface area contributed by atoms with E-state index in [1.807, 2.05) is 13.8 Å². The van der Waals surface area contributed by atoms with E-state index in [1.165, 1.54) is 19.4 Å². The molecule has 22 heavy (non-hydrogen) atoms. The molecule has 0 bridgehead atoms. The van der Waals surface area contributed by atoms with Gasteiger partial charge in [-0.15, -0.1) is 0 Å². The van der Waals surface area contributed by atoms with Crippen LogP contribution in [0.3, 0.4) is 0 Å². The predicted molar refractivity (Wildman–Crippen MR) is 81.5 cm³/mol. The van der Waals surface area contributed by atoms with Crippen molar-refractivity contribution in [2.75, 3.05) is 12.8 Å². The Bertz CT molecular complexity index is 783. The Kier molecular flexibility index (Phi) is 4.29. The van der Waals surface area contributed by atoms with Crippen LogP contribution in [0.25, 0.3) is 0 Å². The molecule has 0 unspecified atom stereocenters. The number of H-pyrrole nitrogens is 1. The number of hydrogen-bond donors (Lipinski definition) is 3. The quantitative estimate of drug-likeness (QED) is 0.763. The van der Waals surface area contributed by atoms with Crippen molar-refractivity contribution < 1.29 is 17.9 Å². The van der Waals surface area contributed by atoms with Gasteiger partial charge < -0.3 is 15.2 Å². The summed E-state index contributed by atoms with van der Waals surface area (Å²) in [7, 11) is -2.58. The second-order valence-corrected chi connectivity index (χ2v) is 6.52. The number of nitrogens with two attached hydrogens (primary N) is 2. The van der Waals surface area contributed by atoms with E-state index < -0.39 is 10.0 Å². The van der Waals surface area contributed by atoms with Crippen LogP contribution in [0.4, 0.5) is 5.82 Å². The van der Waals surface area contributed by atoms with Gasteiger partial charge in [-0.05, 0) is 12.0 Å². The Hall–Kier alpha value is -2.26. The van der Waals surface area contributed by atoms with E-state index in [2.05, 4.69) is 10.2 Å². The monoisotopic (exact) mass is 326 g/mol. The minimum Gasteiger partial charge on any atom is -0.495 e. The molecule has 0 saturated heterocycles. The number of sulfonamides is 1. The van der Waals surface area contributed by atoms with E-state index in [0.717, 1.165) is 5.56 Å². The molecule has 0 saturated carbocycles. The lowest BCUT2D eigenvalue weighted by Gasteiger charge is -2.17. The summed E-state index contributed by atoms with van der Waals surface area (Å²) in [5, 5.41) is 11.5. The lowest BCUT2D eigenvalue weighted by atomic mass is 10.0. The first-order valence-corrected chi connectivity index (χ1v) is 8.00. The maximum Gasteiger partial charge on any atom is 0.241 e. The average Bonchev–Trinajstić information content (AvgIpc) is 2.82. The van der Waals surface area contributed by atoms with Crippen molar-refractivity contribution in [1.82, 2.24) is 10.2 Å². The van der Waals surface area contributed by atoms with Crippen molar-refractivity contribution in [1.29, 1.82) is 0 Å². The van der Waals surface area contributed by atoms with Crippen LogP contribution in [0.15, 0.2) is 23.2 Å². The molecule has 120 valence electrons. The normalized spacial score (nSPS) is 11.7. The van der Waals surface area contributed by atoms with Gasteiger partial charge in [-0.1, -0.05) is 13.8 Å². The molecule has 0 amide bonds. The molecule has 1 aromatic carbocycles. The number of benzene rings is 1. The summed E-state index contributed by atoms with van der Waals surface area (Å²) >= 11 is 0. The SMILES string of the molecule is COc1cc(C(C)C)c(Oc2cn[nH]c2N)cc1S(N)(=O)=O. The fourth-order valence-corrected chi connectivity index (χ4v) is 2.66. The van der Waals surface area contributed by atoms with Crippen molar-refractivity contribution >= 4 is 15.8 Å². The van der Waals surface area contributed by atoms with Crippen LogP contribution in [-0.2, 0) is 10.0 Å². The maximum absolute atomic E-state index is 11.7. The van der Waals surface area contributed by atoms with Crippen LogP contribution < -0.4 is 20.3 Å². The van der Waals surface area contributed by atoms with Gasteiger partial charge in [-0.25, -0.2) is 13.6 Å². The molecule has 0 atom stereocenters. The minimum atomic E-state index is -3.96. The number of methoxy groups -OCH3 is 1. The second kappa shape index (κ2) is 5.85. The zero-order chi connectivity index (χ0) is 16.5. The Morgan fingerprint density at radius 2 is 1.91 bits per heavy atom. The van der Waals surface area contributed by atoms with Crippen molar-refractivity contribution in [3.63, 3.8) is 0 Å². The molecule has 2 aromatic rings. The third-order valence-electron chi connectivity index (χ3n) is 3.08. The Labute approximate surface area is 128 Å². The van der Waals surface area contributed by atoms with Gasteiger partial charge >= 0.3 is 0 Å². The summed E-state index contributed by atoms with van der Waals surface area (Å²) in [6.45, 7) is 3.88. The molecule has 0 aliphatic carbocycles. The van der Waals surface area contributed by atoms with Crippen LogP contribution in [-0.4, -0.2) is 25.7 Å². The van der Waals surface area contributed by atoms with Crippen LogP contribution in [0.5, 0.6) is 17.2 Å². The Balaban J connectivity index is 2.62. The van der Waals surface area contributed by atoms with E-state index in [0.29, 0.717) is 11.5 Å². The highest BCUT2D eigenvalue weighted by molar-refractivity contribution is 7.89. The number of ether oxygens (including phenoxy) is 2. The fraction of sp³-hybridized carbons (Fsp3) is 0.308. The Morgan fingerprint density at radius 3 is 2.36 bits per heavy atom. The zero-order valence-corrected chi connectivity index (χ0v) is 13.3. The molecule has 1 aromatic heterocycles. The van der Waals surface area contributed by atoms with Gasteiger partial charge in [0.2, 0.25) is 10.0 Å². The predicted octanol–water partition coefficient (Wildman–Crippen LogP) is 1.56. The smallest absolute Gasteiger partial charge is 0.241 e. The number of primary sulfonamides is 1. The summed E-state index contributed by atoms with van der Waals surface area (Å²) in [6, 6.07) is 2.92. The van der Waals surface area contributed by atoms with E-state index in [4.69, 9.17) is 20.3 Å². The van der Waals surface area contributed by atoms with Crippen molar-refractivity contribution in [3.05, 3.63) is 23.9 Å². The summed E-state index contributed by atoms with van der Waals surface area (Å²) < 4.78 is 34.2. The van der Waals surface area contributed by atoms with Gasteiger partial charge in [0, 0.05) is 11.6 Å². The van der Waals surface area contributed by atoms with Gasteiger partial charge in [0.1, 0.15) is 16.4 Å². The van der Waals surface area contributed by atoms with E-state index >= 15 is 0 Å². The summed E-state index contributed by atoms with van der Waals surface area (Å²) in [5.74, 6) is 1.09. The number of aromatic amines is 1. The third-order valence-corrected chi connectivity index (χ3v) is 4.01. The highest BCUT2D eigenvalue weighted by atomic mass is 32.2. The number of nitrogens with zero attached hydrogens (tertiary/aromatic N) is 1. The van der Waals surface area contributed by atoms with E-state index in [1.54, 1.807) is 6.07 Å². The molecule has 9 heteroatoms. The van der Waals surface area contributed by atoms with Crippen molar-refractivity contribution in [3.8, 4) is 17.2 Å². The average molecular weight is 326 g/mol. The highest BCUT2D eigenvalue weighted by Gasteiger charge is 2.21. The van der Waals surface area contributed by atoms with Crippen molar-refractivity contribution in [2.45, 2.75) is 24.7 Å². The molecular formula is C13H18N4O4S.